The van der Waals surface area contributed by atoms with Crippen LogP contribution in [0, 0.1) is 6.92 Å². The van der Waals surface area contributed by atoms with Crippen LogP contribution in [-0.4, -0.2) is 67.7 Å². The number of rotatable bonds is 4. The molecule has 0 amide bonds. The molecule has 4 N–H and O–H groups in total. The van der Waals surface area contributed by atoms with Gasteiger partial charge in [-0.1, -0.05) is 0 Å². The first-order valence-corrected chi connectivity index (χ1v) is 8.59. The molecule has 1 aliphatic rings. The molecule has 1 aromatic heterocycles. The molecule has 1 saturated heterocycles. The van der Waals surface area contributed by atoms with Crippen molar-refractivity contribution in [2.75, 3.05) is 6.61 Å². The smallest absolute Gasteiger partial charge is 0.434 e. The molecule has 5 atom stereocenters. The third-order valence-corrected chi connectivity index (χ3v) is 4.49. The van der Waals surface area contributed by atoms with Crippen LogP contribution in [-0.2, 0) is 10.9 Å². The second-order valence-corrected chi connectivity index (χ2v) is 6.58. The van der Waals surface area contributed by atoms with E-state index in [0.29, 0.717) is 17.3 Å². The summed E-state index contributed by atoms with van der Waals surface area (Å²) in [5.74, 6) is 0.220. The number of aryl methyl sites for hydroxylation is 1. The highest BCUT2D eigenvalue weighted by Gasteiger charge is 2.44. The standard InChI is InChI=1S/C18H19F3N2O6/c1-8-4-9(10-5-22-6-13(23-10)18(19,20)21)2-3-11(8)28-17-16(27)15(26)14(25)12(7-24)29-17/h2-6,12,14-17,24-27H,7H2,1H3/t12-,14-,15+,16+,17+/m1/s1. The first kappa shape index (κ1) is 21.4. The van der Waals surface area contributed by atoms with Gasteiger partial charge >= 0.3 is 6.18 Å². The quantitative estimate of drug-likeness (QED) is 0.573. The summed E-state index contributed by atoms with van der Waals surface area (Å²) in [6.07, 6.45) is -9.98. The second kappa shape index (κ2) is 8.20. The maximum absolute atomic E-state index is 12.8. The number of halogens is 3. The molecule has 0 bridgehead atoms. The zero-order valence-electron chi connectivity index (χ0n) is 15.1. The molecule has 158 valence electrons. The van der Waals surface area contributed by atoms with E-state index in [9.17, 15) is 33.6 Å². The molecular weight excluding hydrogens is 397 g/mol. The fraction of sp³-hybridized carbons (Fsp3) is 0.444. The highest BCUT2D eigenvalue weighted by Crippen LogP contribution is 2.31. The number of alkyl halides is 3. The van der Waals surface area contributed by atoms with Gasteiger partial charge < -0.3 is 29.9 Å². The zero-order chi connectivity index (χ0) is 21.3. The Morgan fingerprint density at radius 1 is 1.10 bits per heavy atom. The fourth-order valence-electron chi connectivity index (χ4n) is 2.87. The number of aliphatic hydroxyl groups excluding tert-OH is 4. The molecular formula is C18H19F3N2O6. The Morgan fingerprint density at radius 2 is 1.83 bits per heavy atom. The maximum Gasteiger partial charge on any atom is 0.434 e. The van der Waals surface area contributed by atoms with Crippen molar-refractivity contribution in [3.05, 3.63) is 41.9 Å². The lowest BCUT2D eigenvalue weighted by Gasteiger charge is -2.39. The summed E-state index contributed by atoms with van der Waals surface area (Å²) in [7, 11) is 0. The second-order valence-electron chi connectivity index (χ2n) is 6.58. The van der Waals surface area contributed by atoms with Gasteiger partial charge in [0.25, 0.3) is 0 Å². The molecule has 8 nitrogen and oxygen atoms in total. The van der Waals surface area contributed by atoms with Gasteiger partial charge in [-0.15, -0.1) is 0 Å². The van der Waals surface area contributed by atoms with Crippen molar-refractivity contribution in [3.8, 4) is 17.0 Å². The maximum atomic E-state index is 12.8. The summed E-state index contributed by atoms with van der Waals surface area (Å²) in [4.78, 5) is 7.14. The number of aliphatic hydroxyl groups is 4. The molecule has 2 heterocycles. The molecule has 0 saturated carbocycles. The van der Waals surface area contributed by atoms with Crippen LogP contribution in [0.3, 0.4) is 0 Å². The molecule has 0 aliphatic carbocycles. The summed E-state index contributed by atoms with van der Waals surface area (Å²) < 4.78 is 49.3. The molecule has 0 unspecified atom stereocenters. The van der Waals surface area contributed by atoms with Gasteiger partial charge in [-0.25, -0.2) is 4.98 Å². The van der Waals surface area contributed by atoms with Crippen LogP contribution in [0.4, 0.5) is 13.2 Å². The van der Waals surface area contributed by atoms with Crippen molar-refractivity contribution in [2.24, 2.45) is 0 Å². The Labute approximate surface area is 163 Å². The van der Waals surface area contributed by atoms with Crippen LogP contribution in [0.1, 0.15) is 11.3 Å². The zero-order valence-corrected chi connectivity index (χ0v) is 15.1. The van der Waals surface area contributed by atoms with E-state index in [1.165, 1.54) is 24.4 Å². The number of hydrogen-bond acceptors (Lipinski definition) is 8. The van der Waals surface area contributed by atoms with E-state index in [1.54, 1.807) is 6.92 Å². The molecule has 0 radical (unpaired) electrons. The summed E-state index contributed by atoms with van der Waals surface area (Å²) >= 11 is 0. The van der Waals surface area contributed by atoms with Crippen molar-refractivity contribution in [2.45, 2.75) is 43.8 Å². The van der Waals surface area contributed by atoms with Gasteiger partial charge in [-0.2, -0.15) is 13.2 Å². The average Bonchev–Trinajstić information content (AvgIpc) is 2.69. The molecule has 11 heteroatoms. The first-order chi connectivity index (χ1) is 13.6. The highest BCUT2D eigenvalue weighted by atomic mass is 19.4. The Bertz CT molecular complexity index is 864. The Morgan fingerprint density at radius 3 is 2.45 bits per heavy atom. The van der Waals surface area contributed by atoms with Gasteiger partial charge in [0.15, 0.2) is 5.69 Å². The lowest BCUT2D eigenvalue weighted by molar-refractivity contribution is -0.277. The molecule has 2 aromatic rings. The molecule has 1 aromatic carbocycles. The number of benzene rings is 1. The van der Waals surface area contributed by atoms with Crippen molar-refractivity contribution < 1.29 is 43.1 Å². The van der Waals surface area contributed by atoms with E-state index < -0.39 is 49.2 Å². The predicted molar refractivity (Wildman–Crippen MR) is 91.6 cm³/mol. The Kier molecular flexibility index (Phi) is 6.05. The highest BCUT2D eigenvalue weighted by molar-refractivity contribution is 5.61. The van der Waals surface area contributed by atoms with Crippen LogP contribution in [0.25, 0.3) is 11.3 Å². The minimum atomic E-state index is -4.62. The topological polar surface area (TPSA) is 125 Å². The lowest BCUT2D eigenvalue weighted by Crippen LogP contribution is -2.60. The lowest BCUT2D eigenvalue weighted by atomic mass is 9.99. The third-order valence-electron chi connectivity index (χ3n) is 4.49. The number of hydrogen-bond donors (Lipinski definition) is 4. The van der Waals surface area contributed by atoms with Crippen molar-refractivity contribution in [1.29, 1.82) is 0 Å². The number of ether oxygens (including phenoxy) is 2. The van der Waals surface area contributed by atoms with Gasteiger partial charge in [-0.05, 0) is 30.7 Å². The predicted octanol–water partition coefficient (Wildman–Crippen LogP) is 0.650. The third kappa shape index (κ3) is 4.49. The number of aromatic nitrogens is 2. The largest absolute Gasteiger partial charge is 0.462 e. The average molecular weight is 416 g/mol. The van der Waals surface area contributed by atoms with Gasteiger partial charge in [0.2, 0.25) is 6.29 Å². The molecule has 1 aliphatic heterocycles. The van der Waals surface area contributed by atoms with E-state index in [2.05, 4.69) is 9.97 Å². The number of nitrogens with zero attached hydrogens (tertiary/aromatic N) is 2. The van der Waals surface area contributed by atoms with E-state index >= 15 is 0 Å². The molecule has 0 spiro atoms. The summed E-state index contributed by atoms with van der Waals surface area (Å²) in [5, 5.41) is 38.9. The van der Waals surface area contributed by atoms with E-state index in [1.807, 2.05) is 0 Å². The first-order valence-electron chi connectivity index (χ1n) is 8.59. The van der Waals surface area contributed by atoms with Crippen molar-refractivity contribution in [1.82, 2.24) is 9.97 Å². The van der Waals surface area contributed by atoms with Crippen LogP contribution in [0.5, 0.6) is 5.75 Å². The van der Waals surface area contributed by atoms with Crippen LogP contribution < -0.4 is 4.74 Å². The molecule has 1 fully saturated rings. The van der Waals surface area contributed by atoms with E-state index in [-0.39, 0.29) is 11.4 Å². The van der Waals surface area contributed by atoms with Gasteiger partial charge in [0.05, 0.1) is 24.7 Å². The van der Waals surface area contributed by atoms with Crippen LogP contribution in [0.15, 0.2) is 30.6 Å². The minimum Gasteiger partial charge on any atom is -0.462 e. The van der Waals surface area contributed by atoms with Crippen molar-refractivity contribution in [3.63, 3.8) is 0 Å². The van der Waals surface area contributed by atoms with Crippen LogP contribution in [0.2, 0.25) is 0 Å². The van der Waals surface area contributed by atoms with Gasteiger partial charge in [0.1, 0.15) is 30.2 Å². The summed E-state index contributed by atoms with van der Waals surface area (Å²) in [6.45, 7) is 1.01. The Hall–Kier alpha value is -2.31. The minimum absolute atomic E-state index is 0.0160. The van der Waals surface area contributed by atoms with Crippen molar-refractivity contribution >= 4 is 0 Å². The van der Waals surface area contributed by atoms with Gasteiger partial charge in [0, 0.05) is 5.56 Å². The monoisotopic (exact) mass is 416 g/mol. The Balaban J connectivity index is 1.82. The SMILES string of the molecule is Cc1cc(-c2cncc(C(F)(F)F)n2)ccc1O[C@H]1O[C@H](CO)[C@@H](O)[C@H](O)[C@@H]1O. The van der Waals surface area contributed by atoms with E-state index in [0.717, 1.165) is 0 Å². The summed E-state index contributed by atoms with van der Waals surface area (Å²) in [5.41, 5.74) is -0.252. The summed E-state index contributed by atoms with van der Waals surface area (Å²) in [6, 6.07) is 4.41. The molecule has 29 heavy (non-hydrogen) atoms. The fourth-order valence-corrected chi connectivity index (χ4v) is 2.87. The van der Waals surface area contributed by atoms with E-state index in [4.69, 9.17) is 9.47 Å². The normalized spacial score (nSPS) is 27.7. The van der Waals surface area contributed by atoms with Gasteiger partial charge in [-0.3, -0.25) is 4.98 Å². The van der Waals surface area contributed by atoms with Crippen LogP contribution >= 0.6 is 0 Å². The molecule has 3 rings (SSSR count).